The van der Waals surface area contributed by atoms with Gasteiger partial charge in [0.15, 0.2) is 5.69 Å². The molecule has 3 rings (SSSR count). The molecule has 9 nitrogen and oxygen atoms in total. The largest absolute Gasteiger partial charge is 0.490 e. The summed E-state index contributed by atoms with van der Waals surface area (Å²) in [6.45, 7) is 2.58. The molecule has 0 radical (unpaired) electrons. The molecule has 9 heteroatoms. The van der Waals surface area contributed by atoms with E-state index in [1.54, 1.807) is 55.5 Å². The van der Waals surface area contributed by atoms with Crippen LogP contribution in [0.3, 0.4) is 0 Å². The molecule has 1 N–H and O–H groups in total. The first-order valence-corrected chi connectivity index (χ1v) is 9.24. The molecule has 0 fully saturated rings. The Labute approximate surface area is 172 Å². The van der Waals surface area contributed by atoms with Crippen LogP contribution in [0.4, 0.5) is 0 Å². The molecule has 3 aromatic rings. The van der Waals surface area contributed by atoms with Gasteiger partial charge in [-0.1, -0.05) is 12.1 Å². The van der Waals surface area contributed by atoms with Gasteiger partial charge in [-0.15, -0.1) is 5.10 Å². The van der Waals surface area contributed by atoms with E-state index in [-0.39, 0.29) is 12.3 Å². The van der Waals surface area contributed by atoms with Crippen molar-refractivity contribution in [2.45, 2.75) is 6.92 Å². The Morgan fingerprint density at radius 2 is 1.67 bits per heavy atom. The molecule has 0 amide bonds. The van der Waals surface area contributed by atoms with E-state index < -0.39 is 11.9 Å². The van der Waals surface area contributed by atoms with Crippen molar-refractivity contribution in [3.05, 3.63) is 59.8 Å². The van der Waals surface area contributed by atoms with E-state index in [1.165, 1.54) is 7.11 Å². The van der Waals surface area contributed by atoms with Gasteiger partial charge in [0.2, 0.25) is 0 Å². The minimum Gasteiger partial charge on any atom is -0.490 e. The van der Waals surface area contributed by atoms with Crippen LogP contribution in [0.15, 0.2) is 48.5 Å². The van der Waals surface area contributed by atoms with Gasteiger partial charge in [-0.05, 0) is 43.3 Å². The summed E-state index contributed by atoms with van der Waals surface area (Å²) in [4.78, 5) is 23.4. The zero-order valence-electron chi connectivity index (χ0n) is 16.6. The Balaban J connectivity index is 1.56. The summed E-state index contributed by atoms with van der Waals surface area (Å²) in [7, 11) is 1.33. The van der Waals surface area contributed by atoms with Crippen LogP contribution in [-0.2, 0) is 9.47 Å². The van der Waals surface area contributed by atoms with Crippen LogP contribution >= 0.6 is 0 Å². The Bertz CT molecular complexity index is 1000. The number of carbonyl (C=O) groups is 2. The average molecular weight is 411 g/mol. The van der Waals surface area contributed by atoms with Gasteiger partial charge >= 0.3 is 11.9 Å². The fraction of sp³-hybridized carbons (Fsp3) is 0.238. The predicted octanol–water partition coefficient (Wildman–Crippen LogP) is 2.89. The zero-order valence-corrected chi connectivity index (χ0v) is 16.6. The Kier molecular flexibility index (Phi) is 6.99. The molecule has 2 aromatic carbocycles. The number of nitrogens with one attached hydrogen (secondary N) is 1. The lowest BCUT2D eigenvalue weighted by atomic mass is 10.1. The van der Waals surface area contributed by atoms with E-state index in [4.69, 9.17) is 14.2 Å². The van der Waals surface area contributed by atoms with Gasteiger partial charge in [-0.3, -0.25) is 0 Å². The smallest absolute Gasteiger partial charge is 0.361 e. The van der Waals surface area contributed by atoms with E-state index >= 15 is 0 Å². The lowest BCUT2D eigenvalue weighted by Crippen LogP contribution is -2.09. The maximum atomic E-state index is 12.0. The van der Waals surface area contributed by atoms with Crippen LogP contribution in [0.5, 0.6) is 11.5 Å². The number of hydrogen-bond donors (Lipinski definition) is 1. The summed E-state index contributed by atoms with van der Waals surface area (Å²) >= 11 is 0. The van der Waals surface area contributed by atoms with Crippen molar-refractivity contribution in [3.8, 4) is 22.8 Å². The van der Waals surface area contributed by atoms with Gasteiger partial charge < -0.3 is 18.9 Å². The Hall–Kier alpha value is -3.88. The minimum absolute atomic E-state index is 0.118. The molecule has 0 spiro atoms. The number of nitrogens with zero attached hydrogens (tertiary/aromatic N) is 2. The third kappa shape index (κ3) is 5.13. The van der Waals surface area contributed by atoms with E-state index in [0.29, 0.717) is 41.5 Å². The number of H-pyrrole nitrogens is 1. The maximum Gasteiger partial charge on any atom is 0.361 e. The molecule has 30 heavy (non-hydrogen) atoms. The van der Waals surface area contributed by atoms with Crippen molar-refractivity contribution in [1.29, 1.82) is 0 Å². The van der Waals surface area contributed by atoms with Gasteiger partial charge in [0.25, 0.3) is 0 Å². The van der Waals surface area contributed by atoms with Gasteiger partial charge in [0.1, 0.15) is 30.4 Å². The van der Waals surface area contributed by atoms with Gasteiger partial charge in [-0.25, -0.2) is 9.59 Å². The lowest BCUT2D eigenvalue weighted by molar-refractivity contribution is 0.0519. The van der Waals surface area contributed by atoms with Crippen molar-refractivity contribution in [1.82, 2.24) is 15.4 Å². The number of rotatable bonds is 9. The first-order chi connectivity index (χ1) is 14.6. The van der Waals surface area contributed by atoms with Crippen molar-refractivity contribution in [2.75, 3.05) is 26.9 Å². The van der Waals surface area contributed by atoms with Crippen LogP contribution < -0.4 is 9.47 Å². The van der Waals surface area contributed by atoms with Crippen LogP contribution in [-0.4, -0.2) is 54.3 Å². The molecule has 0 aliphatic rings. The van der Waals surface area contributed by atoms with Crippen molar-refractivity contribution in [2.24, 2.45) is 0 Å². The standard InChI is InChI=1S/C21H21N3O6/c1-3-28-21(26)19-18(22-24-23-19)15-5-4-6-17(13-15)30-12-11-29-16-9-7-14(8-10-16)20(25)27-2/h4-10,13H,3,11-12H2,1-2H3,(H,22,23,24). The quantitative estimate of drug-likeness (QED) is 0.422. The molecule has 0 aliphatic carbocycles. The van der Waals surface area contributed by atoms with Crippen LogP contribution in [0.25, 0.3) is 11.3 Å². The normalized spacial score (nSPS) is 10.3. The molecule has 0 unspecified atom stereocenters. The number of methoxy groups -OCH3 is 1. The fourth-order valence-electron chi connectivity index (χ4n) is 2.63. The third-order valence-corrected chi connectivity index (χ3v) is 4.02. The van der Waals surface area contributed by atoms with E-state index in [2.05, 4.69) is 20.1 Å². The number of carbonyl (C=O) groups excluding carboxylic acids is 2. The number of aromatic nitrogens is 3. The fourth-order valence-corrected chi connectivity index (χ4v) is 2.63. The van der Waals surface area contributed by atoms with Gasteiger partial charge in [0, 0.05) is 5.56 Å². The second-order valence-electron chi connectivity index (χ2n) is 5.98. The zero-order chi connectivity index (χ0) is 21.3. The summed E-state index contributed by atoms with van der Waals surface area (Å²) < 4.78 is 21.0. The first kappa shape index (κ1) is 20.8. The van der Waals surface area contributed by atoms with Gasteiger partial charge in [-0.2, -0.15) is 10.3 Å². The molecule has 0 atom stereocenters. The van der Waals surface area contributed by atoms with Crippen molar-refractivity contribution >= 4 is 11.9 Å². The van der Waals surface area contributed by atoms with Crippen LogP contribution in [0.1, 0.15) is 27.8 Å². The number of benzene rings is 2. The number of esters is 2. The lowest BCUT2D eigenvalue weighted by Gasteiger charge is -2.10. The van der Waals surface area contributed by atoms with E-state index in [0.717, 1.165) is 0 Å². The van der Waals surface area contributed by atoms with Crippen LogP contribution in [0, 0.1) is 0 Å². The summed E-state index contributed by atoms with van der Waals surface area (Å²) in [5, 5.41) is 10.4. The highest BCUT2D eigenvalue weighted by Crippen LogP contribution is 2.24. The number of aromatic amines is 1. The highest BCUT2D eigenvalue weighted by molar-refractivity contribution is 5.94. The maximum absolute atomic E-state index is 12.0. The second-order valence-corrected chi connectivity index (χ2v) is 5.98. The van der Waals surface area contributed by atoms with E-state index in [9.17, 15) is 9.59 Å². The van der Waals surface area contributed by atoms with Crippen molar-refractivity contribution < 1.29 is 28.5 Å². The van der Waals surface area contributed by atoms with Gasteiger partial charge in [0.05, 0.1) is 19.3 Å². The molecule has 0 saturated carbocycles. The third-order valence-electron chi connectivity index (χ3n) is 4.02. The topological polar surface area (TPSA) is 113 Å². The molecule has 156 valence electrons. The highest BCUT2D eigenvalue weighted by Gasteiger charge is 2.19. The minimum atomic E-state index is -0.542. The summed E-state index contributed by atoms with van der Waals surface area (Å²) in [5.41, 5.74) is 1.63. The van der Waals surface area contributed by atoms with Crippen molar-refractivity contribution in [3.63, 3.8) is 0 Å². The molecule has 1 aromatic heterocycles. The molecule has 0 aliphatic heterocycles. The number of ether oxygens (including phenoxy) is 4. The first-order valence-electron chi connectivity index (χ1n) is 9.24. The highest BCUT2D eigenvalue weighted by atomic mass is 16.5. The summed E-state index contributed by atoms with van der Waals surface area (Å²) in [6, 6.07) is 13.8. The SMILES string of the molecule is CCOC(=O)c1n[nH]nc1-c1cccc(OCCOc2ccc(C(=O)OC)cc2)c1. The average Bonchev–Trinajstić information content (AvgIpc) is 3.27. The second kappa shape index (κ2) is 10.1. The molecule has 1 heterocycles. The monoisotopic (exact) mass is 411 g/mol. The Morgan fingerprint density at radius 1 is 0.933 bits per heavy atom. The Morgan fingerprint density at radius 3 is 2.37 bits per heavy atom. The molecular formula is C21H21N3O6. The molecular weight excluding hydrogens is 390 g/mol. The number of hydrogen-bond acceptors (Lipinski definition) is 8. The summed E-state index contributed by atoms with van der Waals surface area (Å²) in [6.07, 6.45) is 0. The molecule has 0 bridgehead atoms. The van der Waals surface area contributed by atoms with E-state index in [1.807, 2.05) is 0 Å². The summed E-state index contributed by atoms with van der Waals surface area (Å²) in [5.74, 6) is 0.263. The predicted molar refractivity (Wildman–Crippen MR) is 107 cm³/mol. The molecule has 0 saturated heterocycles. The van der Waals surface area contributed by atoms with Crippen LogP contribution in [0.2, 0.25) is 0 Å².